The van der Waals surface area contributed by atoms with Crippen molar-refractivity contribution in [3.63, 3.8) is 0 Å². The number of carbonyl (C=O) groups is 3. The molecule has 1 aromatic heterocycles. The quantitative estimate of drug-likeness (QED) is 0.549. The van der Waals surface area contributed by atoms with Crippen LogP contribution in [0, 0.1) is 12.7 Å². The van der Waals surface area contributed by atoms with Crippen LogP contribution in [0.2, 0.25) is 5.02 Å². The van der Waals surface area contributed by atoms with E-state index < -0.39 is 45.8 Å². The average Bonchev–Trinajstić information content (AvgIpc) is 3.14. The highest BCUT2D eigenvalue weighted by molar-refractivity contribution is 8.01. The van der Waals surface area contributed by atoms with Gasteiger partial charge >= 0.3 is 5.97 Å². The van der Waals surface area contributed by atoms with E-state index in [1.165, 1.54) is 41.8 Å². The predicted molar refractivity (Wildman–Crippen MR) is 117 cm³/mol. The fourth-order valence-corrected chi connectivity index (χ4v) is 5.77. The number of hydrogen-bond donors (Lipinski definition) is 2. The van der Waals surface area contributed by atoms with Gasteiger partial charge in [0.25, 0.3) is 5.91 Å². The molecule has 2 saturated heterocycles. The number of aliphatic carboxylic acids is 1. The summed E-state index contributed by atoms with van der Waals surface area (Å²) in [6, 6.07) is 2.17. The summed E-state index contributed by atoms with van der Waals surface area (Å²) in [4.78, 5) is 38.5. The molecule has 2 amide bonds. The Labute approximate surface area is 196 Å². The molecular weight excluding hydrogens is 485 g/mol. The van der Waals surface area contributed by atoms with Gasteiger partial charge in [-0.2, -0.15) is 0 Å². The smallest absolute Gasteiger partial charge is 0.327 e. The number of aryl methyl sites for hydroxylation is 1. The van der Waals surface area contributed by atoms with Crippen LogP contribution in [0.3, 0.4) is 0 Å². The van der Waals surface area contributed by atoms with E-state index >= 15 is 0 Å². The first-order valence-electron chi connectivity index (χ1n) is 8.99. The molecule has 2 aliphatic heterocycles. The summed E-state index contributed by atoms with van der Waals surface area (Å²) >= 11 is 7.40. The molecular formula is C19H23ClFN3O8S. The fourth-order valence-electron chi connectivity index (χ4n) is 3.89. The summed E-state index contributed by atoms with van der Waals surface area (Å²) in [5.41, 5.74) is -0.185. The molecule has 0 bridgehead atoms. The Morgan fingerprint density at radius 2 is 1.94 bits per heavy atom. The normalized spacial score (nSPS) is 22.2. The van der Waals surface area contributed by atoms with Crippen molar-refractivity contribution in [1.29, 1.82) is 0 Å². The van der Waals surface area contributed by atoms with Crippen molar-refractivity contribution in [1.82, 2.24) is 15.4 Å². The molecule has 2 aromatic rings. The van der Waals surface area contributed by atoms with E-state index in [1.54, 1.807) is 13.8 Å². The minimum atomic E-state index is -1.10. The number of benzene rings is 1. The summed E-state index contributed by atoms with van der Waals surface area (Å²) in [6.07, 6.45) is 0. The largest absolute Gasteiger partial charge is 0.480 e. The minimum Gasteiger partial charge on any atom is -0.480 e. The number of thioether (sulfide) groups is 1. The molecule has 3 heterocycles. The van der Waals surface area contributed by atoms with Crippen LogP contribution in [0.25, 0.3) is 11.3 Å². The molecule has 4 rings (SSSR count). The number of halogens is 2. The van der Waals surface area contributed by atoms with Gasteiger partial charge in [-0.05, 0) is 32.9 Å². The van der Waals surface area contributed by atoms with Gasteiger partial charge in [0, 0.05) is 4.75 Å². The van der Waals surface area contributed by atoms with Crippen LogP contribution >= 0.6 is 23.4 Å². The summed E-state index contributed by atoms with van der Waals surface area (Å²) in [6.45, 7) is 4.97. The second-order valence-electron chi connectivity index (χ2n) is 7.61. The van der Waals surface area contributed by atoms with Crippen LogP contribution in [0.5, 0.6) is 0 Å². The molecule has 182 valence electrons. The maximum absolute atomic E-state index is 14.4. The highest BCUT2D eigenvalue weighted by atomic mass is 35.5. The van der Waals surface area contributed by atoms with Gasteiger partial charge in [0.15, 0.2) is 0 Å². The van der Waals surface area contributed by atoms with Crippen molar-refractivity contribution in [3.05, 3.63) is 40.4 Å². The Hall–Kier alpha value is -2.71. The zero-order valence-corrected chi connectivity index (χ0v) is 19.2. The second kappa shape index (κ2) is 9.65. The number of nitrogens with one attached hydrogen (secondary N) is 1. The summed E-state index contributed by atoms with van der Waals surface area (Å²) < 4.78 is 18.7. The molecule has 8 N–H and O–H groups in total. The Bertz CT molecular complexity index is 1070. The van der Waals surface area contributed by atoms with Crippen LogP contribution in [0.15, 0.2) is 22.7 Å². The number of rotatable bonds is 4. The van der Waals surface area contributed by atoms with E-state index in [4.69, 9.17) is 16.1 Å². The molecule has 11 nitrogen and oxygen atoms in total. The summed E-state index contributed by atoms with van der Waals surface area (Å²) in [5.74, 6) is -2.81. The van der Waals surface area contributed by atoms with Crippen LogP contribution in [-0.4, -0.2) is 71.6 Å². The van der Waals surface area contributed by atoms with Crippen molar-refractivity contribution < 1.29 is 44.8 Å². The molecule has 14 heteroatoms. The second-order valence-corrected chi connectivity index (χ2v) is 9.79. The number of fused-ring (bicyclic) bond motifs is 1. The number of hydrogen-bond acceptors (Lipinski definition) is 6. The van der Waals surface area contributed by atoms with E-state index in [9.17, 15) is 23.9 Å². The third-order valence-electron chi connectivity index (χ3n) is 5.25. The zero-order chi connectivity index (χ0) is 22.0. The predicted octanol–water partition coefficient (Wildman–Crippen LogP) is 0.214. The Balaban J connectivity index is 0.00000181. The van der Waals surface area contributed by atoms with Gasteiger partial charge in [-0.15, -0.1) is 11.8 Å². The van der Waals surface area contributed by atoms with Crippen molar-refractivity contribution in [2.24, 2.45) is 0 Å². The van der Waals surface area contributed by atoms with E-state index in [0.29, 0.717) is 0 Å². The van der Waals surface area contributed by atoms with Gasteiger partial charge in [0.2, 0.25) is 5.91 Å². The van der Waals surface area contributed by atoms with Gasteiger partial charge in [-0.1, -0.05) is 22.8 Å². The molecule has 0 spiro atoms. The Kier molecular flexibility index (Phi) is 8.28. The first-order valence-corrected chi connectivity index (χ1v) is 10.2. The summed E-state index contributed by atoms with van der Waals surface area (Å²) in [5, 5.41) is 15.4. The van der Waals surface area contributed by atoms with Gasteiger partial charge < -0.3 is 36.3 Å². The number of carboxylic acid groups (broad SMARTS) is 1. The monoisotopic (exact) mass is 507 g/mol. The van der Waals surface area contributed by atoms with Crippen molar-refractivity contribution >= 4 is 41.1 Å². The molecule has 3 atom stereocenters. The molecule has 2 fully saturated rings. The van der Waals surface area contributed by atoms with E-state index in [0.717, 1.165) is 0 Å². The molecule has 0 aliphatic carbocycles. The lowest BCUT2D eigenvalue weighted by atomic mass is 9.95. The Morgan fingerprint density at radius 3 is 2.52 bits per heavy atom. The first-order chi connectivity index (χ1) is 14.0. The van der Waals surface area contributed by atoms with Crippen LogP contribution < -0.4 is 5.32 Å². The topological polar surface area (TPSA) is 207 Å². The maximum atomic E-state index is 14.4. The molecule has 0 unspecified atom stereocenters. The summed E-state index contributed by atoms with van der Waals surface area (Å²) in [7, 11) is 0. The highest BCUT2D eigenvalue weighted by Gasteiger charge is 2.64. The van der Waals surface area contributed by atoms with Gasteiger partial charge in [0.05, 0.1) is 10.6 Å². The van der Waals surface area contributed by atoms with Crippen LogP contribution in [-0.2, 0) is 9.59 Å². The number of nitrogens with zero attached hydrogens (tertiary/aromatic N) is 2. The lowest BCUT2D eigenvalue weighted by Gasteiger charge is -2.43. The fraction of sp³-hybridized carbons (Fsp3) is 0.368. The standard InChI is InChI=1S/C19H17ClFN3O5S.3H2O/c1-7-10(12(23-29-7)11-8(20)5-4-6-9(11)21)15(25)22-13-16(26)24-14(18(27)28)19(2,3)30-17(13)24;;;/h4-6,13-14,17H,1-3H3,(H,22,25)(H,27,28);3*1H2/t13-,14+,17-;;;/m1.../s1. The number of carboxylic acids is 1. The van der Waals surface area contributed by atoms with E-state index in [-0.39, 0.29) is 44.0 Å². The molecule has 2 aliphatic rings. The Morgan fingerprint density at radius 1 is 1.30 bits per heavy atom. The van der Waals surface area contributed by atoms with Crippen molar-refractivity contribution in [2.45, 2.75) is 43.0 Å². The maximum Gasteiger partial charge on any atom is 0.327 e. The number of aromatic nitrogens is 1. The number of carbonyl (C=O) groups excluding carboxylic acids is 2. The van der Waals surface area contributed by atoms with Gasteiger partial charge in [0.1, 0.15) is 40.3 Å². The van der Waals surface area contributed by atoms with E-state index in [1.807, 2.05) is 0 Å². The first kappa shape index (κ1) is 28.3. The third-order valence-corrected chi connectivity index (χ3v) is 7.14. The lowest BCUT2D eigenvalue weighted by molar-refractivity contribution is -0.159. The SMILES string of the molecule is Cc1onc(-c2c(F)cccc2Cl)c1C(=O)N[C@@H]1C(=O)N2[C@@H]1SC(C)(C)[C@@H]2C(=O)O.O.O.O. The molecule has 1 aromatic carbocycles. The molecule has 33 heavy (non-hydrogen) atoms. The average molecular weight is 508 g/mol. The van der Waals surface area contributed by atoms with Crippen LogP contribution in [0.4, 0.5) is 4.39 Å². The highest BCUT2D eigenvalue weighted by Crippen LogP contribution is 2.50. The number of β-lactam (4-membered cyclic amide) rings is 1. The van der Waals surface area contributed by atoms with Gasteiger partial charge in [-0.25, -0.2) is 9.18 Å². The van der Waals surface area contributed by atoms with Gasteiger partial charge in [-0.3, -0.25) is 9.59 Å². The zero-order valence-electron chi connectivity index (χ0n) is 17.6. The number of amides is 2. The molecule has 0 saturated carbocycles. The minimum absolute atomic E-state index is 0. The van der Waals surface area contributed by atoms with Crippen LogP contribution in [0.1, 0.15) is 30.0 Å². The third kappa shape index (κ3) is 4.29. The molecule has 0 radical (unpaired) electrons. The van der Waals surface area contributed by atoms with Crippen molar-refractivity contribution in [3.8, 4) is 11.3 Å². The van der Waals surface area contributed by atoms with E-state index in [2.05, 4.69) is 10.5 Å². The lowest BCUT2D eigenvalue weighted by Crippen LogP contribution is -2.70. The van der Waals surface area contributed by atoms with Crippen molar-refractivity contribution in [2.75, 3.05) is 0 Å².